The summed E-state index contributed by atoms with van der Waals surface area (Å²) in [6.07, 6.45) is 0. The predicted molar refractivity (Wildman–Crippen MR) is 48.8 cm³/mol. The lowest BCUT2D eigenvalue weighted by Gasteiger charge is -2.05. The molecule has 11 heavy (non-hydrogen) atoms. The van der Waals surface area contributed by atoms with E-state index in [1.807, 2.05) is 6.07 Å². The Balaban J connectivity index is 0.000001000. The van der Waals surface area contributed by atoms with Gasteiger partial charge in [-0.15, -0.1) is 4.91 Å². The molecule has 1 aromatic rings. The molecule has 1 rings (SSSR count). The molecule has 0 bridgehead atoms. The first-order chi connectivity index (χ1) is 4.84. The second-order valence-electron chi connectivity index (χ2n) is 1.76. The fourth-order valence-corrected chi connectivity index (χ4v) is 0.628. The van der Waals surface area contributed by atoms with Crippen molar-refractivity contribution >= 4 is 23.0 Å². The number of para-hydroxylation sites is 1. The molecule has 0 saturated heterocycles. The summed E-state index contributed by atoms with van der Waals surface area (Å²) in [5, 5.41) is 3.30. The van der Waals surface area contributed by atoms with Crippen molar-refractivity contribution in [1.29, 1.82) is 0 Å². The lowest BCUT2D eigenvalue weighted by molar-refractivity contribution is 0.916. The van der Waals surface area contributed by atoms with Gasteiger partial charge in [-0.3, -0.25) is 0 Å². The Morgan fingerprint density at radius 3 is 2.27 bits per heavy atom. The number of hydrazine groups is 1. The van der Waals surface area contributed by atoms with E-state index in [0.29, 0.717) is 5.69 Å². The van der Waals surface area contributed by atoms with E-state index in [2.05, 4.69) is 5.29 Å². The molecular formula is C6H10AlN3O. The first-order valence-electron chi connectivity index (χ1n) is 2.78. The Morgan fingerprint density at radius 2 is 1.82 bits per heavy atom. The maximum absolute atomic E-state index is 9.86. The van der Waals surface area contributed by atoms with Gasteiger partial charge in [0, 0.05) is 0 Å². The lowest BCUT2D eigenvalue weighted by atomic mass is 10.3. The molecule has 0 saturated carbocycles. The van der Waals surface area contributed by atoms with Gasteiger partial charge in [0.25, 0.3) is 0 Å². The van der Waals surface area contributed by atoms with Crippen molar-refractivity contribution in [2.75, 3.05) is 5.12 Å². The third-order valence-electron chi connectivity index (χ3n) is 1.11. The van der Waals surface area contributed by atoms with Crippen LogP contribution in [-0.4, -0.2) is 17.4 Å². The number of nitroso groups, excluding NO2 is 1. The van der Waals surface area contributed by atoms with E-state index in [1.165, 1.54) is 0 Å². The van der Waals surface area contributed by atoms with Gasteiger partial charge in [-0.2, -0.15) is 5.12 Å². The van der Waals surface area contributed by atoms with Gasteiger partial charge in [0.05, 0.1) is 11.0 Å². The molecule has 1 aromatic carbocycles. The van der Waals surface area contributed by atoms with Crippen LogP contribution in [0.3, 0.4) is 0 Å². The number of benzene rings is 1. The zero-order valence-electron chi connectivity index (χ0n) is 5.27. The topological polar surface area (TPSA) is 58.7 Å². The molecule has 0 amide bonds. The molecule has 0 aromatic heterocycles. The summed E-state index contributed by atoms with van der Waals surface area (Å²) in [6.45, 7) is 0. The zero-order chi connectivity index (χ0) is 7.40. The fourth-order valence-electron chi connectivity index (χ4n) is 0.628. The molecule has 0 heterocycles. The smallest absolute Gasteiger partial charge is 0.187 e. The van der Waals surface area contributed by atoms with Crippen LogP contribution in [0, 0.1) is 4.91 Å². The van der Waals surface area contributed by atoms with E-state index < -0.39 is 0 Å². The van der Waals surface area contributed by atoms with E-state index in [-0.39, 0.29) is 17.4 Å². The monoisotopic (exact) mass is 167 g/mol. The Morgan fingerprint density at radius 1 is 1.27 bits per heavy atom. The van der Waals surface area contributed by atoms with Gasteiger partial charge in [-0.1, -0.05) is 18.2 Å². The largest absolute Gasteiger partial charge is 0.224 e. The summed E-state index contributed by atoms with van der Waals surface area (Å²) >= 11 is 0. The molecule has 58 valence electrons. The summed E-state index contributed by atoms with van der Waals surface area (Å²) in [5.74, 6) is 5.15. The number of hydrogen-bond acceptors (Lipinski definition) is 3. The number of hydrogen-bond donors (Lipinski definition) is 1. The van der Waals surface area contributed by atoms with Crippen LogP contribution < -0.4 is 11.0 Å². The highest BCUT2D eigenvalue weighted by Gasteiger charge is 1.95. The standard InChI is InChI=1S/C6H7N3O.Al.3H/c7-9(8-10)6-4-2-1-3-5-6;;;;/h1-5H,7H2;;;;. The highest BCUT2D eigenvalue weighted by atomic mass is 27.0. The maximum Gasteiger partial charge on any atom is 0.187 e. The number of nitrogens with zero attached hydrogens (tertiary/aromatic N) is 2. The number of rotatable bonds is 2. The molecular weight excluding hydrogens is 157 g/mol. The third-order valence-corrected chi connectivity index (χ3v) is 1.11. The van der Waals surface area contributed by atoms with Crippen LogP contribution >= 0.6 is 0 Å². The van der Waals surface area contributed by atoms with Crippen LogP contribution in [0.5, 0.6) is 0 Å². The van der Waals surface area contributed by atoms with Crippen molar-refractivity contribution < 1.29 is 0 Å². The third kappa shape index (κ3) is 2.68. The van der Waals surface area contributed by atoms with Crippen LogP contribution in [0.15, 0.2) is 35.6 Å². The average Bonchev–Trinajstić information content (AvgIpc) is 2.05. The van der Waals surface area contributed by atoms with E-state index in [1.54, 1.807) is 24.3 Å². The van der Waals surface area contributed by atoms with Crippen LogP contribution in [0.1, 0.15) is 0 Å². The van der Waals surface area contributed by atoms with Gasteiger partial charge in [0.1, 0.15) is 0 Å². The van der Waals surface area contributed by atoms with Crippen LogP contribution in [0.4, 0.5) is 5.69 Å². The second kappa shape index (κ2) is 4.86. The Bertz CT molecular complexity index is 216. The molecule has 0 atom stereocenters. The SMILES string of the molecule is NN(N=O)c1ccccc1.[AlH3]. The summed E-state index contributed by atoms with van der Waals surface area (Å²) in [6, 6.07) is 8.78. The van der Waals surface area contributed by atoms with E-state index >= 15 is 0 Å². The summed E-state index contributed by atoms with van der Waals surface area (Å²) in [5.41, 5.74) is 0.581. The Kier molecular flexibility index (Phi) is 4.46. The quantitative estimate of drug-likeness (QED) is 0.289. The van der Waals surface area contributed by atoms with Gasteiger partial charge in [-0.05, 0) is 12.1 Å². The molecule has 5 heteroatoms. The molecule has 0 aliphatic heterocycles. The highest BCUT2D eigenvalue weighted by Crippen LogP contribution is 2.08. The Labute approximate surface area is 75.0 Å². The first-order valence-corrected chi connectivity index (χ1v) is 2.78. The first kappa shape index (κ1) is 10.1. The van der Waals surface area contributed by atoms with E-state index in [9.17, 15) is 4.91 Å². The van der Waals surface area contributed by atoms with Crippen molar-refractivity contribution in [1.82, 2.24) is 0 Å². The maximum atomic E-state index is 9.86. The second-order valence-corrected chi connectivity index (χ2v) is 1.76. The summed E-state index contributed by atoms with van der Waals surface area (Å²) < 4.78 is 0. The fraction of sp³-hybridized carbons (Fsp3) is 0. The normalized spacial score (nSPS) is 8.09. The molecule has 0 unspecified atom stereocenters. The summed E-state index contributed by atoms with van der Waals surface area (Å²) in [7, 11) is 0. The molecule has 0 aliphatic rings. The van der Waals surface area contributed by atoms with Crippen molar-refractivity contribution in [2.45, 2.75) is 0 Å². The molecule has 0 spiro atoms. The molecule has 0 fully saturated rings. The number of nitrogens with two attached hydrogens (primary N) is 1. The minimum atomic E-state index is 0. The van der Waals surface area contributed by atoms with Crippen LogP contribution in [0.25, 0.3) is 0 Å². The molecule has 0 aliphatic carbocycles. The van der Waals surface area contributed by atoms with Gasteiger partial charge >= 0.3 is 0 Å². The molecule has 2 N–H and O–H groups in total. The predicted octanol–water partition coefficient (Wildman–Crippen LogP) is -0.136. The highest BCUT2D eigenvalue weighted by molar-refractivity contribution is 5.75. The molecule has 0 radical (unpaired) electrons. The van der Waals surface area contributed by atoms with Gasteiger partial charge < -0.3 is 0 Å². The van der Waals surface area contributed by atoms with Gasteiger partial charge in [-0.25, -0.2) is 5.84 Å². The lowest BCUT2D eigenvalue weighted by Crippen LogP contribution is -2.22. The number of anilines is 1. The van der Waals surface area contributed by atoms with Crippen LogP contribution in [0.2, 0.25) is 0 Å². The summed E-state index contributed by atoms with van der Waals surface area (Å²) in [4.78, 5) is 9.86. The van der Waals surface area contributed by atoms with Crippen molar-refractivity contribution in [3.63, 3.8) is 0 Å². The minimum absolute atomic E-state index is 0. The Hall–Kier alpha value is -0.888. The van der Waals surface area contributed by atoms with Crippen LogP contribution in [-0.2, 0) is 0 Å². The van der Waals surface area contributed by atoms with E-state index in [0.717, 1.165) is 5.12 Å². The van der Waals surface area contributed by atoms with Gasteiger partial charge in [0.2, 0.25) is 0 Å². The van der Waals surface area contributed by atoms with Crippen molar-refractivity contribution in [3.05, 3.63) is 35.2 Å². The van der Waals surface area contributed by atoms with E-state index in [4.69, 9.17) is 5.84 Å². The minimum Gasteiger partial charge on any atom is -0.224 e. The van der Waals surface area contributed by atoms with Crippen molar-refractivity contribution in [2.24, 2.45) is 11.1 Å². The zero-order valence-corrected chi connectivity index (χ0v) is 5.27. The molecule has 4 nitrogen and oxygen atoms in total. The average molecular weight is 167 g/mol. The van der Waals surface area contributed by atoms with Gasteiger partial charge in [0.15, 0.2) is 17.4 Å². The van der Waals surface area contributed by atoms with Crippen molar-refractivity contribution in [3.8, 4) is 0 Å².